The first kappa shape index (κ1) is 19.1. The third-order valence-corrected chi connectivity index (χ3v) is 5.62. The van der Waals surface area contributed by atoms with Crippen molar-refractivity contribution in [2.45, 2.75) is 26.3 Å². The summed E-state index contributed by atoms with van der Waals surface area (Å²) in [6.45, 7) is 10.3. The monoisotopic (exact) mass is 382 g/mol. The maximum atomic E-state index is 6.04. The van der Waals surface area contributed by atoms with Crippen molar-refractivity contribution in [3.63, 3.8) is 0 Å². The van der Waals surface area contributed by atoms with E-state index in [1.807, 2.05) is 6.07 Å². The fourth-order valence-corrected chi connectivity index (χ4v) is 4.01. The maximum absolute atomic E-state index is 6.04. The molecule has 2 aromatic rings. The number of hydrogen-bond acceptors (Lipinski definition) is 5. The summed E-state index contributed by atoms with van der Waals surface area (Å²) in [5.74, 6) is 2.65. The van der Waals surface area contributed by atoms with E-state index in [9.17, 15) is 0 Å². The van der Waals surface area contributed by atoms with Crippen LogP contribution in [-0.4, -0.2) is 50.9 Å². The molecule has 0 saturated carbocycles. The summed E-state index contributed by atoms with van der Waals surface area (Å²) in [5, 5.41) is 3.66. The molecule has 150 valence electrons. The lowest BCUT2D eigenvalue weighted by Crippen LogP contribution is -2.31. The van der Waals surface area contributed by atoms with Crippen LogP contribution in [0.5, 0.6) is 17.2 Å². The number of ether oxygens (including phenoxy) is 3. The van der Waals surface area contributed by atoms with Crippen LogP contribution in [0.25, 0.3) is 0 Å². The van der Waals surface area contributed by atoms with Crippen molar-refractivity contribution in [3.8, 4) is 17.2 Å². The molecule has 28 heavy (non-hydrogen) atoms. The summed E-state index contributed by atoms with van der Waals surface area (Å²) in [5.41, 5.74) is 3.83. The van der Waals surface area contributed by atoms with Crippen LogP contribution in [0.4, 0.5) is 0 Å². The Kier molecular flexibility index (Phi) is 6.03. The number of hydrogen-bond donors (Lipinski definition) is 1. The zero-order valence-corrected chi connectivity index (χ0v) is 16.9. The van der Waals surface area contributed by atoms with E-state index in [-0.39, 0.29) is 6.04 Å². The Morgan fingerprint density at radius 3 is 2.64 bits per heavy atom. The molecule has 0 radical (unpaired) electrons. The van der Waals surface area contributed by atoms with Crippen LogP contribution < -0.4 is 19.5 Å². The summed E-state index contributed by atoms with van der Waals surface area (Å²) in [7, 11) is 0. The van der Waals surface area contributed by atoms with Gasteiger partial charge in [0, 0.05) is 13.1 Å². The van der Waals surface area contributed by atoms with Crippen molar-refractivity contribution in [2.24, 2.45) is 0 Å². The van der Waals surface area contributed by atoms with E-state index >= 15 is 0 Å². The van der Waals surface area contributed by atoms with Crippen LogP contribution in [0, 0.1) is 0 Å². The average Bonchev–Trinajstić information content (AvgIpc) is 2.75. The highest BCUT2D eigenvalue weighted by atomic mass is 16.6. The zero-order chi connectivity index (χ0) is 19.3. The number of rotatable bonds is 7. The summed E-state index contributed by atoms with van der Waals surface area (Å²) in [6, 6.07) is 12.9. The molecule has 0 bridgehead atoms. The third kappa shape index (κ3) is 4.10. The van der Waals surface area contributed by atoms with Crippen molar-refractivity contribution in [1.29, 1.82) is 0 Å². The van der Waals surface area contributed by atoms with Crippen molar-refractivity contribution in [1.82, 2.24) is 10.2 Å². The molecule has 1 atom stereocenters. The molecule has 2 heterocycles. The highest BCUT2D eigenvalue weighted by Crippen LogP contribution is 2.39. The van der Waals surface area contributed by atoms with Gasteiger partial charge in [-0.15, -0.1) is 0 Å². The van der Waals surface area contributed by atoms with Gasteiger partial charge < -0.3 is 24.4 Å². The van der Waals surface area contributed by atoms with E-state index in [0.29, 0.717) is 19.8 Å². The van der Waals surface area contributed by atoms with Crippen molar-refractivity contribution < 1.29 is 14.2 Å². The lowest BCUT2D eigenvalue weighted by Gasteiger charge is -2.30. The van der Waals surface area contributed by atoms with Crippen LogP contribution in [0.2, 0.25) is 0 Å². The van der Waals surface area contributed by atoms with Gasteiger partial charge in [0.25, 0.3) is 0 Å². The lowest BCUT2D eigenvalue weighted by atomic mass is 9.89. The first-order valence-corrected chi connectivity index (χ1v) is 10.4. The van der Waals surface area contributed by atoms with E-state index in [1.165, 1.54) is 16.7 Å². The summed E-state index contributed by atoms with van der Waals surface area (Å²) >= 11 is 0. The fraction of sp³-hybridized carbons (Fsp3) is 0.478. The number of nitrogens with one attached hydrogen (secondary N) is 1. The van der Waals surface area contributed by atoms with Gasteiger partial charge >= 0.3 is 0 Å². The van der Waals surface area contributed by atoms with Crippen LogP contribution in [0.3, 0.4) is 0 Å². The Hall–Kier alpha value is -2.24. The molecule has 2 aromatic carbocycles. The average molecular weight is 383 g/mol. The number of nitrogens with zero attached hydrogens (tertiary/aromatic N) is 1. The molecule has 0 fully saturated rings. The molecule has 5 nitrogen and oxygen atoms in total. The predicted molar refractivity (Wildman–Crippen MR) is 111 cm³/mol. The molecule has 1 N–H and O–H groups in total. The zero-order valence-electron chi connectivity index (χ0n) is 16.9. The second-order valence-corrected chi connectivity index (χ2v) is 7.28. The van der Waals surface area contributed by atoms with Gasteiger partial charge in [-0.3, -0.25) is 0 Å². The largest absolute Gasteiger partial charge is 0.492 e. The van der Waals surface area contributed by atoms with E-state index in [4.69, 9.17) is 14.2 Å². The predicted octanol–water partition coefficient (Wildman–Crippen LogP) is 3.41. The second-order valence-electron chi connectivity index (χ2n) is 7.28. The molecule has 5 heteroatoms. The summed E-state index contributed by atoms with van der Waals surface area (Å²) in [4.78, 5) is 2.37. The van der Waals surface area contributed by atoms with E-state index in [1.54, 1.807) is 0 Å². The Morgan fingerprint density at radius 2 is 1.86 bits per heavy atom. The highest BCUT2D eigenvalue weighted by molar-refractivity contribution is 5.52. The Balaban J connectivity index is 1.52. The fourth-order valence-electron chi connectivity index (χ4n) is 4.01. The van der Waals surface area contributed by atoms with Crippen LogP contribution in [-0.2, 0) is 6.42 Å². The SMILES string of the molecule is CCN(CC)CCOc1cccc(C2NCCc3cc4c(cc32)OCCO4)c1. The molecule has 1 unspecified atom stereocenters. The molecule has 0 aromatic heterocycles. The Labute approximate surface area is 167 Å². The standard InChI is InChI=1S/C23H30N2O3/c1-3-25(4-2)10-11-26-19-7-5-6-18(14-19)23-20-16-22-21(27-12-13-28-22)15-17(20)8-9-24-23/h5-7,14-16,23-24H,3-4,8-13H2,1-2H3. The van der Waals surface area contributed by atoms with Crippen LogP contribution in [0.1, 0.15) is 36.6 Å². The minimum absolute atomic E-state index is 0.144. The van der Waals surface area contributed by atoms with Gasteiger partial charge in [-0.25, -0.2) is 0 Å². The smallest absolute Gasteiger partial charge is 0.161 e. The summed E-state index contributed by atoms with van der Waals surface area (Å²) < 4.78 is 17.6. The minimum Gasteiger partial charge on any atom is -0.492 e. The van der Waals surface area contributed by atoms with E-state index < -0.39 is 0 Å². The van der Waals surface area contributed by atoms with Crippen LogP contribution in [0.15, 0.2) is 36.4 Å². The van der Waals surface area contributed by atoms with Crippen molar-refractivity contribution in [3.05, 3.63) is 53.1 Å². The van der Waals surface area contributed by atoms with Gasteiger partial charge in [0.1, 0.15) is 25.6 Å². The number of fused-ring (bicyclic) bond motifs is 2. The number of benzene rings is 2. The molecule has 4 rings (SSSR count). The van der Waals surface area contributed by atoms with Crippen LogP contribution >= 0.6 is 0 Å². The first-order valence-electron chi connectivity index (χ1n) is 10.4. The highest BCUT2D eigenvalue weighted by Gasteiger charge is 2.25. The van der Waals surface area contributed by atoms with E-state index in [2.05, 4.69) is 54.4 Å². The van der Waals surface area contributed by atoms with Gasteiger partial charge in [-0.05, 0) is 60.5 Å². The Bertz CT molecular complexity index is 804. The van der Waals surface area contributed by atoms with E-state index in [0.717, 1.165) is 49.8 Å². The van der Waals surface area contributed by atoms with Crippen molar-refractivity contribution in [2.75, 3.05) is 46.0 Å². The molecular formula is C23H30N2O3. The number of likely N-dealkylation sites (N-methyl/N-ethyl adjacent to an activating group) is 1. The normalized spacial score (nSPS) is 18.0. The molecule has 2 aliphatic rings. The molecule has 0 saturated heterocycles. The maximum Gasteiger partial charge on any atom is 0.161 e. The third-order valence-electron chi connectivity index (χ3n) is 5.62. The Morgan fingerprint density at radius 1 is 1.07 bits per heavy atom. The molecule has 0 amide bonds. The lowest BCUT2D eigenvalue weighted by molar-refractivity contribution is 0.171. The second kappa shape index (κ2) is 8.84. The van der Waals surface area contributed by atoms with Crippen molar-refractivity contribution >= 4 is 0 Å². The minimum atomic E-state index is 0.144. The van der Waals surface area contributed by atoms with Gasteiger partial charge in [-0.2, -0.15) is 0 Å². The van der Waals surface area contributed by atoms with Gasteiger partial charge in [-0.1, -0.05) is 26.0 Å². The molecule has 0 spiro atoms. The molecule has 0 aliphatic carbocycles. The molecular weight excluding hydrogens is 352 g/mol. The topological polar surface area (TPSA) is 43.0 Å². The summed E-state index contributed by atoms with van der Waals surface area (Å²) in [6.07, 6.45) is 1.00. The van der Waals surface area contributed by atoms with Gasteiger partial charge in [0.05, 0.1) is 6.04 Å². The van der Waals surface area contributed by atoms with Gasteiger partial charge in [0.15, 0.2) is 11.5 Å². The van der Waals surface area contributed by atoms with Gasteiger partial charge in [0.2, 0.25) is 0 Å². The quantitative estimate of drug-likeness (QED) is 0.795. The first-order chi connectivity index (χ1) is 13.8. The molecule has 2 aliphatic heterocycles.